The summed E-state index contributed by atoms with van der Waals surface area (Å²) in [4.78, 5) is 24.5. The number of carbonyl (C=O) groups excluding carboxylic acids is 2. The quantitative estimate of drug-likeness (QED) is 0.913. The minimum Gasteiger partial charge on any atom is -0.434 e. The first kappa shape index (κ1) is 16.6. The van der Waals surface area contributed by atoms with Gasteiger partial charge in [-0.25, -0.2) is 13.6 Å². The molecule has 1 atom stereocenters. The van der Waals surface area contributed by atoms with E-state index < -0.39 is 29.7 Å². The van der Waals surface area contributed by atoms with Gasteiger partial charge in [0.15, 0.2) is 6.10 Å². The standard InChI is InChI=1S/C16H18F2N2O4/c1-19-15(21)13-8-20(16(22)24-13)10-6-11(17)14(12(18)7-10)9-2-4-23-5-3-9/h6-7,9,13H,2-5,8H2,1H3,(H,19,21)/t13-/m1/s1. The summed E-state index contributed by atoms with van der Waals surface area (Å²) in [6.07, 6.45) is -0.694. The number of hydrogen-bond donors (Lipinski definition) is 1. The van der Waals surface area contributed by atoms with Crippen LogP contribution in [0.3, 0.4) is 0 Å². The topological polar surface area (TPSA) is 67.9 Å². The van der Waals surface area contributed by atoms with E-state index >= 15 is 0 Å². The van der Waals surface area contributed by atoms with E-state index in [1.165, 1.54) is 7.05 Å². The number of carbonyl (C=O) groups is 2. The molecule has 6 nitrogen and oxygen atoms in total. The minimum atomic E-state index is -0.996. The van der Waals surface area contributed by atoms with Crippen molar-refractivity contribution in [1.82, 2.24) is 5.32 Å². The summed E-state index contributed by atoms with van der Waals surface area (Å²) in [5.74, 6) is -2.11. The Labute approximate surface area is 137 Å². The molecule has 2 aliphatic heterocycles. The molecular formula is C16H18F2N2O4. The van der Waals surface area contributed by atoms with E-state index in [0.717, 1.165) is 17.0 Å². The largest absolute Gasteiger partial charge is 0.434 e. The van der Waals surface area contributed by atoms with Crippen molar-refractivity contribution in [2.75, 3.05) is 31.7 Å². The van der Waals surface area contributed by atoms with Crippen molar-refractivity contribution in [1.29, 1.82) is 0 Å². The van der Waals surface area contributed by atoms with Gasteiger partial charge in [-0.05, 0) is 30.9 Å². The second-order valence-electron chi connectivity index (χ2n) is 5.81. The van der Waals surface area contributed by atoms with Crippen LogP contribution in [-0.4, -0.2) is 44.9 Å². The van der Waals surface area contributed by atoms with E-state index in [2.05, 4.69) is 5.32 Å². The molecule has 24 heavy (non-hydrogen) atoms. The molecule has 0 bridgehead atoms. The third-order valence-electron chi connectivity index (χ3n) is 4.36. The molecule has 0 radical (unpaired) electrons. The summed E-state index contributed by atoms with van der Waals surface area (Å²) in [6, 6.07) is 2.22. The number of nitrogens with zero attached hydrogens (tertiary/aromatic N) is 1. The monoisotopic (exact) mass is 340 g/mol. The molecule has 2 aliphatic rings. The van der Waals surface area contributed by atoms with E-state index in [9.17, 15) is 18.4 Å². The molecule has 2 saturated heterocycles. The Morgan fingerprint density at radius 3 is 2.46 bits per heavy atom. The SMILES string of the molecule is CNC(=O)[C@H]1CN(c2cc(F)c(C3CCOCC3)c(F)c2)C(=O)O1. The first-order chi connectivity index (χ1) is 11.5. The fourth-order valence-corrected chi connectivity index (χ4v) is 3.07. The van der Waals surface area contributed by atoms with Gasteiger partial charge in [-0.2, -0.15) is 0 Å². The number of anilines is 1. The van der Waals surface area contributed by atoms with E-state index in [4.69, 9.17) is 9.47 Å². The Kier molecular flexibility index (Phi) is 4.66. The molecule has 3 rings (SSSR count). The van der Waals surface area contributed by atoms with Crippen LogP contribution in [0.2, 0.25) is 0 Å². The lowest BCUT2D eigenvalue weighted by molar-refractivity contribution is -0.127. The lowest BCUT2D eigenvalue weighted by Gasteiger charge is -2.24. The van der Waals surface area contributed by atoms with Crippen molar-refractivity contribution >= 4 is 17.7 Å². The zero-order valence-corrected chi connectivity index (χ0v) is 13.2. The van der Waals surface area contributed by atoms with Gasteiger partial charge in [0.2, 0.25) is 0 Å². The van der Waals surface area contributed by atoms with Gasteiger partial charge in [-0.1, -0.05) is 0 Å². The van der Waals surface area contributed by atoms with E-state index in [1.54, 1.807) is 0 Å². The summed E-state index contributed by atoms with van der Waals surface area (Å²) < 4.78 is 39.1. The van der Waals surface area contributed by atoms with E-state index in [-0.39, 0.29) is 23.7 Å². The Balaban J connectivity index is 1.85. The van der Waals surface area contributed by atoms with Crippen LogP contribution in [0.25, 0.3) is 0 Å². The Morgan fingerprint density at radius 1 is 1.25 bits per heavy atom. The van der Waals surface area contributed by atoms with Gasteiger partial charge in [-0.3, -0.25) is 9.69 Å². The molecule has 0 saturated carbocycles. The van der Waals surface area contributed by atoms with Crippen LogP contribution >= 0.6 is 0 Å². The Hall–Kier alpha value is -2.22. The molecule has 130 valence electrons. The lowest BCUT2D eigenvalue weighted by Crippen LogP contribution is -2.35. The van der Waals surface area contributed by atoms with Gasteiger partial charge < -0.3 is 14.8 Å². The highest BCUT2D eigenvalue weighted by Crippen LogP contribution is 2.34. The molecule has 0 unspecified atom stereocenters. The summed E-state index contributed by atoms with van der Waals surface area (Å²) in [5, 5.41) is 2.37. The molecule has 0 aliphatic carbocycles. The fourth-order valence-electron chi connectivity index (χ4n) is 3.07. The van der Waals surface area contributed by atoms with Crippen molar-refractivity contribution in [3.8, 4) is 0 Å². The van der Waals surface area contributed by atoms with Crippen LogP contribution in [0.4, 0.5) is 19.3 Å². The maximum Gasteiger partial charge on any atom is 0.415 e. The predicted octanol–water partition coefficient (Wildman–Crippen LogP) is 1.93. The number of cyclic esters (lactones) is 1. The smallest absolute Gasteiger partial charge is 0.415 e. The maximum atomic E-state index is 14.5. The van der Waals surface area contributed by atoms with Gasteiger partial charge in [0.1, 0.15) is 11.6 Å². The second kappa shape index (κ2) is 6.72. The van der Waals surface area contributed by atoms with Crippen LogP contribution in [0, 0.1) is 11.6 Å². The molecule has 8 heteroatoms. The zero-order valence-electron chi connectivity index (χ0n) is 13.2. The predicted molar refractivity (Wildman–Crippen MR) is 80.8 cm³/mol. The summed E-state index contributed by atoms with van der Waals surface area (Å²) in [5.41, 5.74) is 0.0645. The highest BCUT2D eigenvalue weighted by atomic mass is 19.1. The average molecular weight is 340 g/mol. The van der Waals surface area contributed by atoms with Crippen LogP contribution < -0.4 is 10.2 Å². The molecular weight excluding hydrogens is 322 g/mol. The highest BCUT2D eigenvalue weighted by molar-refractivity contribution is 5.95. The van der Waals surface area contributed by atoms with E-state index in [0.29, 0.717) is 26.1 Å². The number of hydrogen-bond acceptors (Lipinski definition) is 4. The third kappa shape index (κ3) is 3.06. The number of halogens is 2. The van der Waals surface area contributed by atoms with Gasteiger partial charge >= 0.3 is 6.09 Å². The maximum absolute atomic E-state index is 14.5. The first-order valence-corrected chi connectivity index (χ1v) is 7.77. The normalized spacial score (nSPS) is 21.7. The third-order valence-corrected chi connectivity index (χ3v) is 4.36. The molecule has 1 aromatic rings. The Bertz CT molecular complexity index is 638. The van der Waals surface area contributed by atoms with Crippen molar-refractivity contribution < 1.29 is 27.8 Å². The van der Waals surface area contributed by atoms with Gasteiger partial charge in [-0.15, -0.1) is 0 Å². The molecule has 2 fully saturated rings. The van der Waals surface area contributed by atoms with Crippen molar-refractivity contribution in [3.05, 3.63) is 29.3 Å². The van der Waals surface area contributed by atoms with Crippen molar-refractivity contribution in [3.63, 3.8) is 0 Å². The number of likely N-dealkylation sites (N-methyl/N-ethyl adjacent to an activating group) is 1. The van der Waals surface area contributed by atoms with Crippen LogP contribution in [0.5, 0.6) is 0 Å². The highest BCUT2D eigenvalue weighted by Gasteiger charge is 2.37. The van der Waals surface area contributed by atoms with Gasteiger partial charge in [0, 0.05) is 25.8 Å². The number of rotatable bonds is 3. The summed E-state index contributed by atoms with van der Waals surface area (Å²) >= 11 is 0. The van der Waals surface area contributed by atoms with Gasteiger partial charge in [0.25, 0.3) is 5.91 Å². The fraction of sp³-hybridized carbons (Fsp3) is 0.500. The number of benzene rings is 1. The molecule has 1 aromatic carbocycles. The van der Waals surface area contributed by atoms with Crippen LogP contribution in [-0.2, 0) is 14.3 Å². The first-order valence-electron chi connectivity index (χ1n) is 7.77. The average Bonchev–Trinajstić information content (AvgIpc) is 2.96. The van der Waals surface area contributed by atoms with Gasteiger partial charge in [0.05, 0.1) is 12.2 Å². The molecule has 2 heterocycles. The Morgan fingerprint density at radius 2 is 1.88 bits per heavy atom. The van der Waals surface area contributed by atoms with Crippen LogP contribution in [0.1, 0.15) is 24.3 Å². The number of ether oxygens (including phenoxy) is 2. The summed E-state index contributed by atoms with van der Waals surface area (Å²) in [6.45, 7) is 0.850. The van der Waals surface area contributed by atoms with Crippen molar-refractivity contribution in [2.45, 2.75) is 24.9 Å². The van der Waals surface area contributed by atoms with Crippen molar-refractivity contribution in [2.24, 2.45) is 0 Å². The lowest BCUT2D eigenvalue weighted by atomic mass is 9.90. The summed E-state index contributed by atoms with van der Waals surface area (Å²) in [7, 11) is 1.42. The van der Waals surface area contributed by atoms with E-state index in [1.807, 2.05) is 0 Å². The second-order valence-corrected chi connectivity index (χ2v) is 5.81. The number of amides is 2. The molecule has 0 aromatic heterocycles. The molecule has 1 N–H and O–H groups in total. The molecule has 2 amide bonds. The zero-order chi connectivity index (χ0) is 17.3. The van der Waals surface area contributed by atoms with Crippen LogP contribution in [0.15, 0.2) is 12.1 Å². The number of nitrogens with one attached hydrogen (secondary N) is 1. The molecule has 0 spiro atoms. The minimum absolute atomic E-state index is 0.0254.